The third-order valence-electron chi connectivity index (χ3n) is 14.4. The van der Waals surface area contributed by atoms with Crippen LogP contribution in [0.2, 0.25) is 0 Å². The molecule has 14 heteroatoms. The number of aliphatic hydroxyl groups is 2. The maximum absolute atomic E-state index is 14.3. The van der Waals surface area contributed by atoms with E-state index in [-0.39, 0.29) is 49.2 Å². The van der Waals surface area contributed by atoms with E-state index < -0.39 is 59.3 Å². The molecule has 3 heterocycles. The molecule has 1 spiro atoms. The molecule has 2 aliphatic carbocycles. The Bertz CT molecular complexity index is 2400. The summed E-state index contributed by atoms with van der Waals surface area (Å²) in [5, 5.41) is 25.2. The van der Waals surface area contributed by atoms with Crippen molar-refractivity contribution in [1.29, 1.82) is 0 Å². The van der Waals surface area contributed by atoms with E-state index >= 15 is 0 Å². The topological polar surface area (TPSA) is 179 Å². The molecule has 0 aromatic heterocycles. The van der Waals surface area contributed by atoms with Gasteiger partial charge in [-0.3, -0.25) is 14.5 Å². The van der Waals surface area contributed by atoms with Crippen LogP contribution in [0.3, 0.4) is 0 Å². The lowest BCUT2D eigenvalue weighted by Crippen LogP contribution is -2.53. The van der Waals surface area contributed by atoms with Gasteiger partial charge < -0.3 is 44.0 Å². The molecule has 1 saturated heterocycles. The van der Waals surface area contributed by atoms with Gasteiger partial charge in [-0.15, -0.1) is 0 Å². The van der Waals surface area contributed by atoms with Crippen molar-refractivity contribution in [2.45, 2.75) is 145 Å². The predicted octanol–water partition coefficient (Wildman–Crippen LogP) is 7.37. The molecule has 5 aliphatic rings. The molecule has 3 aromatic rings. The zero-order valence-corrected chi connectivity index (χ0v) is 38.7. The van der Waals surface area contributed by atoms with E-state index in [2.05, 4.69) is 44.0 Å². The van der Waals surface area contributed by atoms with Crippen LogP contribution < -0.4 is 14.8 Å². The van der Waals surface area contributed by atoms with Crippen LogP contribution in [0, 0.1) is 0 Å². The second-order valence-electron chi connectivity index (χ2n) is 20.3. The SMILES string of the molecule is COC(=O)C[C@](O)(CCCC(C)(C)O)C(=O)O[C@@H]1C(OC)=C[C@]23CCCN2C(OC(=O)c2ccc(NC(=O)c4ccc5c(c4)C(C)(C)CCC5(C)C)cc2)Cc2cc4c(cc2[C@H]13)OCO4. The van der Waals surface area contributed by atoms with E-state index in [0.717, 1.165) is 30.4 Å². The van der Waals surface area contributed by atoms with Crippen LogP contribution in [0.5, 0.6) is 11.5 Å². The molecule has 65 heavy (non-hydrogen) atoms. The van der Waals surface area contributed by atoms with Crippen molar-refractivity contribution in [3.63, 3.8) is 0 Å². The molecule has 1 unspecified atom stereocenters. The number of rotatable bonds is 13. The Labute approximate surface area is 380 Å². The number of benzene rings is 3. The third kappa shape index (κ3) is 8.84. The Morgan fingerprint density at radius 1 is 0.846 bits per heavy atom. The minimum atomic E-state index is -2.27. The van der Waals surface area contributed by atoms with Crippen molar-refractivity contribution < 1.29 is 57.8 Å². The molecule has 8 rings (SSSR count). The number of esters is 3. The second-order valence-corrected chi connectivity index (χ2v) is 20.3. The normalized spacial score (nSPS) is 24.5. The van der Waals surface area contributed by atoms with E-state index in [1.807, 2.05) is 30.3 Å². The first kappa shape index (κ1) is 46.1. The van der Waals surface area contributed by atoms with Crippen LogP contribution in [-0.4, -0.2) is 95.6 Å². The Morgan fingerprint density at radius 2 is 1.52 bits per heavy atom. The molecular formula is C51H62N2O12. The molecule has 5 atom stereocenters. The van der Waals surface area contributed by atoms with Crippen LogP contribution in [0.15, 0.2) is 66.4 Å². The molecule has 1 amide bonds. The maximum Gasteiger partial charge on any atom is 0.339 e. The predicted molar refractivity (Wildman–Crippen MR) is 240 cm³/mol. The molecule has 348 valence electrons. The van der Waals surface area contributed by atoms with E-state index in [4.69, 9.17) is 28.4 Å². The van der Waals surface area contributed by atoms with Gasteiger partial charge in [-0.05, 0) is 146 Å². The van der Waals surface area contributed by atoms with Gasteiger partial charge in [-0.25, -0.2) is 9.59 Å². The summed E-state index contributed by atoms with van der Waals surface area (Å²) in [5.74, 6) is -1.88. The first-order chi connectivity index (χ1) is 30.7. The Balaban J connectivity index is 1.05. The van der Waals surface area contributed by atoms with E-state index in [0.29, 0.717) is 47.0 Å². The van der Waals surface area contributed by atoms with E-state index in [9.17, 15) is 29.4 Å². The number of hydrogen-bond acceptors (Lipinski definition) is 13. The lowest BCUT2D eigenvalue weighted by atomic mass is 9.63. The van der Waals surface area contributed by atoms with Gasteiger partial charge in [0.25, 0.3) is 5.91 Å². The number of nitrogens with one attached hydrogen (secondary N) is 1. The summed E-state index contributed by atoms with van der Waals surface area (Å²) in [6.45, 7) is 12.8. The number of amides is 1. The molecule has 0 saturated carbocycles. The maximum atomic E-state index is 14.3. The largest absolute Gasteiger partial charge is 0.497 e. The number of carbonyl (C=O) groups excluding carboxylic acids is 4. The van der Waals surface area contributed by atoms with Gasteiger partial charge in [0.05, 0.1) is 43.3 Å². The highest BCUT2D eigenvalue weighted by molar-refractivity contribution is 6.04. The van der Waals surface area contributed by atoms with Crippen LogP contribution >= 0.6 is 0 Å². The summed E-state index contributed by atoms with van der Waals surface area (Å²) in [7, 11) is 2.66. The monoisotopic (exact) mass is 894 g/mol. The molecule has 0 bridgehead atoms. The third-order valence-corrected chi connectivity index (χ3v) is 14.4. The van der Waals surface area contributed by atoms with Crippen molar-refractivity contribution in [3.8, 4) is 11.5 Å². The van der Waals surface area contributed by atoms with Crippen LogP contribution in [0.4, 0.5) is 5.69 Å². The highest BCUT2D eigenvalue weighted by atomic mass is 16.7. The van der Waals surface area contributed by atoms with Crippen molar-refractivity contribution >= 4 is 29.5 Å². The Hall–Kier alpha value is -5.44. The quantitative estimate of drug-likeness (QED) is 0.115. The van der Waals surface area contributed by atoms with Gasteiger partial charge in [0.2, 0.25) is 6.79 Å². The van der Waals surface area contributed by atoms with E-state index in [1.165, 1.54) is 25.3 Å². The van der Waals surface area contributed by atoms with Crippen LogP contribution in [0.25, 0.3) is 0 Å². The molecule has 3 N–H and O–H groups in total. The average Bonchev–Trinajstić information content (AvgIpc) is 3.96. The van der Waals surface area contributed by atoms with Crippen molar-refractivity contribution in [1.82, 2.24) is 4.90 Å². The minimum absolute atomic E-state index is 0.0179. The van der Waals surface area contributed by atoms with Crippen molar-refractivity contribution in [2.24, 2.45) is 0 Å². The zero-order chi connectivity index (χ0) is 46.7. The van der Waals surface area contributed by atoms with Crippen LogP contribution in [0.1, 0.15) is 142 Å². The van der Waals surface area contributed by atoms with Gasteiger partial charge in [-0.1, -0.05) is 33.8 Å². The number of nitrogens with zero attached hydrogens (tertiary/aromatic N) is 1. The standard InChI is InChI=1S/C51H62N2O12/c1-47(2)20-21-48(3,4)36-23-31(13-16-35(36)47)44(55)52-33-14-11-30(12-15-33)45(56)64-40-25-32-24-37-38(63-29-62-37)26-34(32)42-43(39(60-7)27-50(42)18-10-22-53(40)50)65-46(57)51(59,28-41(54)61-8)19-9-17-49(5,6)58/h11-16,23-24,26-27,40,42-43,58-59H,9-10,17-22,25,28-29H2,1-8H3,(H,52,55)/t40?,42-,43-,50+,51-/m1/s1. The van der Waals surface area contributed by atoms with Gasteiger partial charge in [0.15, 0.2) is 29.4 Å². The van der Waals surface area contributed by atoms with Crippen LogP contribution in [-0.2, 0) is 45.8 Å². The molecule has 3 aliphatic heterocycles. The minimum Gasteiger partial charge on any atom is -0.497 e. The van der Waals surface area contributed by atoms with Crippen molar-refractivity contribution in [2.75, 3.05) is 32.9 Å². The number of carbonyl (C=O) groups is 4. The first-order valence-corrected chi connectivity index (χ1v) is 22.6. The molecular weight excluding hydrogens is 833 g/mol. The number of hydrogen-bond donors (Lipinski definition) is 3. The number of ether oxygens (including phenoxy) is 6. The van der Waals surface area contributed by atoms with Gasteiger partial charge >= 0.3 is 17.9 Å². The summed E-state index contributed by atoms with van der Waals surface area (Å²) in [6, 6.07) is 16.4. The Morgan fingerprint density at radius 3 is 2.20 bits per heavy atom. The van der Waals surface area contributed by atoms with Gasteiger partial charge in [-0.2, -0.15) is 0 Å². The molecule has 0 radical (unpaired) electrons. The fourth-order valence-corrected chi connectivity index (χ4v) is 10.7. The number of methoxy groups -OCH3 is 2. The summed E-state index contributed by atoms with van der Waals surface area (Å²) >= 11 is 0. The summed E-state index contributed by atoms with van der Waals surface area (Å²) in [6.07, 6.45) is 3.41. The molecule has 1 fully saturated rings. The van der Waals surface area contributed by atoms with E-state index in [1.54, 1.807) is 38.1 Å². The second kappa shape index (κ2) is 17.1. The Kier molecular flexibility index (Phi) is 12.1. The van der Waals surface area contributed by atoms with Gasteiger partial charge in [0, 0.05) is 24.2 Å². The highest BCUT2D eigenvalue weighted by Gasteiger charge is 2.61. The lowest BCUT2D eigenvalue weighted by molar-refractivity contribution is -0.179. The summed E-state index contributed by atoms with van der Waals surface area (Å²) < 4.78 is 35.2. The van der Waals surface area contributed by atoms with Crippen molar-refractivity contribution in [3.05, 3.63) is 99.8 Å². The molecule has 14 nitrogen and oxygen atoms in total. The summed E-state index contributed by atoms with van der Waals surface area (Å²) in [5.41, 5.74) is 1.18. The number of fused-ring (bicyclic) bond motifs is 4. The zero-order valence-electron chi connectivity index (χ0n) is 38.7. The number of anilines is 1. The average molecular weight is 895 g/mol. The molecule has 3 aromatic carbocycles. The highest BCUT2D eigenvalue weighted by Crippen LogP contribution is 2.57. The first-order valence-electron chi connectivity index (χ1n) is 22.6. The fraction of sp³-hybridized carbons (Fsp3) is 0.529. The lowest BCUT2D eigenvalue weighted by Gasteiger charge is -2.42. The smallest absolute Gasteiger partial charge is 0.339 e. The van der Waals surface area contributed by atoms with Gasteiger partial charge in [0.1, 0.15) is 5.76 Å². The summed E-state index contributed by atoms with van der Waals surface area (Å²) in [4.78, 5) is 56.7. The fourth-order valence-electron chi connectivity index (χ4n) is 10.7.